The van der Waals surface area contributed by atoms with Crippen molar-refractivity contribution >= 4 is 33.1 Å². The molecule has 1 saturated heterocycles. The number of nitrogens with one attached hydrogen (secondary N) is 1. The summed E-state index contributed by atoms with van der Waals surface area (Å²) >= 11 is 1.28. The lowest BCUT2D eigenvalue weighted by Gasteiger charge is -2.35. The molecular weight excluding hydrogens is 435 g/mol. The second kappa shape index (κ2) is 8.12. The molecule has 1 aliphatic heterocycles. The lowest BCUT2D eigenvalue weighted by Crippen LogP contribution is -2.48. The molecule has 4 aromatic rings. The van der Waals surface area contributed by atoms with Crippen molar-refractivity contribution in [3.05, 3.63) is 86.0 Å². The van der Waals surface area contributed by atoms with E-state index in [0.717, 1.165) is 5.69 Å². The number of H-pyrrole nitrogens is 1. The molecule has 0 aliphatic carbocycles. The van der Waals surface area contributed by atoms with Crippen molar-refractivity contribution in [1.29, 1.82) is 0 Å². The van der Waals surface area contributed by atoms with E-state index in [0.29, 0.717) is 42.0 Å². The molecular formula is C22H19FN4O4S. The van der Waals surface area contributed by atoms with Gasteiger partial charge in [-0.1, -0.05) is 6.07 Å². The highest BCUT2D eigenvalue weighted by atomic mass is 32.1. The summed E-state index contributed by atoms with van der Waals surface area (Å²) < 4.78 is 21.1. The molecule has 1 fully saturated rings. The first-order valence-electron chi connectivity index (χ1n) is 10.1. The fourth-order valence-corrected chi connectivity index (χ4v) is 4.84. The molecule has 32 heavy (non-hydrogen) atoms. The Balaban J connectivity index is 1.38. The summed E-state index contributed by atoms with van der Waals surface area (Å²) in [5, 5.41) is 2.15. The monoisotopic (exact) mass is 454 g/mol. The Morgan fingerprint density at radius 1 is 1.12 bits per heavy atom. The standard InChI is InChI=1S/C22H19FN4O4S/c23-18-2-1-14(12-27-21-16(4-10-32-21)19(28)24-22(27)30)11-17(18)20(29)26-7-5-25(6-8-26)15-3-9-31-13-15/h1-4,9-11,13H,5-8,12H2,(H,24,28,30). The molecule has 3 aromatic heterocycles. The molecule has 1 N–H and O–H groups in total. The predicted molar refractivity (Wildman–Crippen MR) is 119 cm³/mol. The number of anilines is 1. The number of benzene rings is 1. The fourth-order valence-electron chi connectivity index (χ4n) is 3.94. The zero-order valence-electron chi connectivity index (χ0n) is 16.9. The molecule has 1 aliphatic rings. The van der Waals surface area contributed by atoms with Crippen molar-refractivity contribution in [2.45, 2.75) is 6.54 Å². The normalized spacial score (nSPS) is 14.3. The van der Waals surface area contributed by atoms with E-state index in [-0.39, 0.29) is 18.0 Å². The van der Waals surface area contributed by atoms with E-state index in [4.69, 9.17) is 4.42 Å². The molecule has 0 bridgehead atoms. The third-order valence-corrected chi connectivity index (χ3v) is 6.58. The van der Waals surface area contributed by atoms with Gasteiger partial charge < -0.3 is 14.2 Å². The third kappa shape index (κ3) is 3.62. The van der Waals surface area contributed by atoms with Gasteiger partial charge in [-0.25, -0.2) is 9.18 Å². The Morgan fingerprint density at radius 3 is 2.69 bits per heavy atom. The zero-order chi connectivity index (χ0) is 22.2. The summed E-state index contributed by atoms with van der Waals surface area (Å²) in [6.07, 6.45) is 3.26. The predicted octanol–water partition coefficient (Wildman–Crippen LogP) is 2.49. The Hall–Kier alpha value is -3.66. The van der Waals surface area contributed by atoms with Gasteiger partial charge in [0.25, 0.3) is 11.5 Å². The number of furan rings is 1. The quantitative estimate of drug-likeness (QED) is 0.512. The number of fused-ring (bicyclic) bond motifs is 1. The van der Waals surface area contributed by atoms with E-state index in [1.54, 1.807) is 34.9 Å². The number of amides is 1. The number of rotatable bonds is 4. The molecule has 0 atom stereocenters. The number of carbonyl (C=O) groups is 1. The number of aromatic nitrogens is 2. The summed E-state index contributed by atoms with van der Waals surface area (Å²) in [6, 6.07) is 7.78. The number of carbonyl (C=O) groups excluding carboxylic acids is 1. The average Bonchev–Trinajstić information content (AvgIpc) is 3.50. The van der Waals surface area contributed by atoms with Crippen LogP contribution in [0, 0.1) is 5.82 Å². The van der Waals surface area contributed by atoms with Gasteiger partial charge in [-0.05, 0) is 35.2 Å². The average molecular weight is 454 g/mol. The minimum Gasteiger partial charge on any atom is -0.470 e. The van der Waals surface area contributed by atoms with E-state index < -0.39 is 17.1 Å². The summed E-state index contributed by atoms with van der Waals surface area (Å²) in [7, 11) is 0. The molecule has 8 nitrogen and oxygen atoms in total. The Kier molecular flexibility index (Phi) is 5.14. The molecule has 10 heteroatoms. The SMILES string of the molecule is O=C(c1cc(Cn2c(=O)[nH]c(=O)c3ccsc32)ccc1F)N1CCN(c2ccoc2)CC1. The largest absolute Gasteiger partial charge is 0.470 e. The molecule has 1 amide bonds. The molecule has 0 saturated carbocycles. The lowest BCUT2D eigenvalue weighted by molar-refractivity contribution is 0.0742. The minimum absolute atomic E-state index is 0.0286. The van der Waals surface area contributed by atoms with Crippen LogP contribution in [-0.2, 0) is 6.54 Å². The van der Waals surface area contributed by atoms with Gasteiger partial charge in [-0.2, -0.15) is 0 Å². The highest BCUT2D eigenvalue weighted by Crippen LogP contribution is 2.21. The van der Waals surface area contributed by atoms with Crippen LogP contribution in [0.2, 0.25) is 0 Å². The van der Waals surface area contributed by atoms with E-state index in [2.05, 4.69) is 9.88 Å². The van der Waals surface area contributed by atoms with Crippen molar-refractivity contribution in [3.8, 4) is 0 Å². The maximum atomic E-state index is 14.6. The summed E-state index contributed by atoms with van der Waals surface area (Å²) in [6.45, 7) is 2.28. The summed E-state index contributed by atoms with van der Waals surface area (Å²) in [5.74, 6) is -0.989. The first kappa shape index (κ1) is 20.3. The second-order valence-corrected chi connectivity index (χ2v) is 8.45. The molecule has 4 heterocycles. The van der Waals surface area contributed by atoms with Crippen molar-refractivity contribution in [2.24, 2.45) is 0 Å². The van der Waals surface area contributed by atoms with Crippen molar-refractivity contribution < 1.29 is 13.6 Å². The first-order valence-corrected chi connectivity index (χ1v) is 10.9. The van der Waals surface area contributed by atoms with Crippen LogP contribution in [0.4, 0.5) is 10.1 Å². The topological polar surface area (TPSA) is 91.5 Å². The van der Waals surface area contributed by atoms with Crippen LogP contribution < -0.4 is 16.1 Å². The number of piperazine rings is 1. The van der Waals surface area contributed by atoms with Gasteiger partial charge in [0.05, 0.1) is 29.4 Å². The maximum Gasteiger partial charge on any atom is 0.329 e. The van der Waals surface area contributed by atoms with E-state index in [1.165, 1.54) is 28.0 Å². The van der Waals surface area contributed by atoms with Gasteiger partial charge in [0.1, 0.15) is 16.9 Å². The zero-order valence-corrected chi connectivity index (χ0v) is 17.7. The number of aromatic amines is 1. The van der Waals surface area contributed by atoms with Gasteiger partial charge in [0.15, 0.2) is 0 Å². The maximum absolute atomic E-state index is 14.6. The Labute approximate surface area is 185 Å². The minimum atomic E-state index is -0.605. The van der Waals surface area contributed by atoms with Crippen LogP contribution in [0.3, 0.4) is 0 Å². The molecule has 0 unspecified atom stereocenters. The highest BCUT2D eigenvalue weighted by Gasteiger charge is 2.25. The van der Waals surface area contributed by atoms with Crippen LogP contribution in [0.1, 0.15) is 15.9 Å². The molecule has 164 valence electrons. The van der Waals surface area contributed by atoms with E-state index in [1.807, 2.05) is 6.07 Å². The van der Waals surface area contributed by atoms with Gasteiger partial charge in [0, 0.05) is 26.2 Å². The number of nitrogens with zero attached hydrogens (tertiary/aromatic N) is 3. The van der Waals surface area contributed by atoms with Crippen LogP contribution >= 0.6 is 11.3 Å². The van der Waals surface area contributed by atoms with Crippen molar-refractivity contribution in [3.63, 3.8) is 0 Å². The van der Waals surface area contributed by atoms with Gasteiger partial charge in [-0.15, -0.1) is 11.3 Å². The van der Waals surface area contributed by atoms with Crippen LogP contribution in [0.25, 0.3) is 10.2 Å². The van der Waals surface area contributed by atoms with Crippen LogP contribution in [-0.4, -0.2) is 46.5 Å². The van der Waals surface area contributed by atoms with Crippen LogP contribution in [0.5, 0.6) is 0 Å². The lowest BCUT2D eigenvalue weighted by atomic mass is 10.1. The second-order valence-electron chi connectivity index (χ2n) is 7.56. The Morgan fingerprint density at radius 2 is 1.94 bits per heavy atom. The number of thiophene rings is 1. The Bertz CT molecular complexity index is 1400. The van der Waals surface area contributed by atoms with Gasteiger partial charge in [0.2, 0.25) is 0 Å². The molecule has 0 radical (unpaired) electrons. The van der Waals surface area contributed by atoms with Gasteiger partial charge in [-0.3, -0.25) is 19.1 Å². The van der Waals surface area contributed by atoms with E-state index >= 15 is 0 Å². The van der Waals surface area contributed by atoms with E-state index in [9.17, 15) is 18.8 Å². The van der Waals surface area contributed by atoms with Crippen molar-refractivity contribution in [1.82, 2.24) is 14.5 Å². The molecule has 1 aromatic carbocycles. The highest BCUT2D eigenvalue weighted by molar-refractivity contribution is 7.16. The van der Waals surface area contributed by atoms with Gasteiger partial charge >= 0.3 is 5.69 Å². The smallest absolute Gasteiger partial charge is 0.329 e. The molecule has 0 spiro atoms. The summed E-state index contributed by atoms with van der Waals surface area (Å²) in [4.78, 5) is 43.9. The third-order valence-electron chi connectivity index (χ3n) is 5.64. The molecule has 5 rings (SSSR count). The first-order chi connectivity index (χ1) is 15.5. The number of hydrogen-bond acceptors (Lipinski definition) is 6. The number of halogens is 1. The summed E-state index contributed by atoms with van der Waals surface area (Å²) in [5.41, 5.74) is 0.538. The number of hydrogen-bond donors (Lipinski definition) is 1. The van der Waals surface area contributed by atoms with Crippen LogP contribution in [0.15, 0.2) is 62.2 Å². The van der Waals surface area contributed by atoms with Crippen molar-refractivity contribution in [2.75, 3.05) is 31.1 Å². The fraction of sp³-hybridized carbons (Fsp3) is 0.227.